The van der Waals surface area contributed by atoms with Gasteiger partial charge in [-0.3, -0.25) is 4.79 Å². The molecule has 0 heterocycles. The minimum Gasteiger partial charge on any atom is -0.464 e. The first-order valence-electron chi connectivity index (χ1n) is 7.83. The summed E-state index contributed by atoms with van der Waals surface area (Å²) < 4.78 is -0.832. The fraction of sp³-hybridized carbons (Fsp3) is 0.867. The first kappa shape index (κ1) is 16.1. The van der Waals surface area contributed by atoms with Gasteiger partial charge in [0.15, 0.2) is 0 Å². The number of rotatable bonds is 2. The Morgan fingerprint density at radius 2 is 1.77 bits per heavy atom. The number of halogens is 1. The van der Waals surface area contributed by atoms with Crippen molar-refractivity contribution in [1.82, 2.24) is 10.4 Å². The molecule has 4 rings (SSSR count). The van der Waals surface area contributed by atoms with Crippen LogP contribution in [0.2, 0.25) is 0 Å². The van der Waals surface area contributed by atoms with Crippen molar-refractivity contribution in [3.05, 3.63) is 0 Å². The van der Waals surface area contributed by atoms with Gasteiger partial charge in [-0.05, 0) is 63.7 Å². The minimum atomic E-state index is -1.22. The normalized spacial score (nSPS) is 39.6. The van der Waals surface area contributed by atoms with Crippen molar-refractivity contribution in [3.8, 4) is 0 Å². The predicted octanol–water partition coefficient (Wildman–Crippen LogP) is 2.11. The van der Waals surface area contributed by atoms with Crippen LogP contribution in [0.4, 0.5) is 4.79 Å². The van der Waals surface area contributed by atoms with Gasteiger partial charge < -0.3 is 10.2 Å². The maximum absolute atomic E-state index is 12.7. The molecule has 4 aliphatic rings. The number of carboxylic acid groups (broad SMARTS) is 1. The quantitative estimate of drug-likeness (QED) is 0.509. The summed E-state index contributed by atoms with van der Waals surface area (Å²) in [6.45, 7) is 3.44. The lowest BCUT2D eigenvalue weighted by molar-refractivity contribution is -0.176. The molecule has 4 aliphatic carbocycles. The van der Waals surface area contributed by atoms with E-state index in [1.54, 1.807) is 13.8 Å². The first-order chi connectivity index (χ1) is 10.1. The van der Waals surface area contributed by atoms with Crippen LogP contribution in [0.1, 0.15) is 46.0 Å². The summed E-state index contributed by atoms with van der Waals surface area (Å²) in [6.07, 6.45) is 2.90. The van der Waals surface area contributed by atoms with Gasteiger partial charge in [0.05, 0.1) is 11.6 Å². The molecule has 0 aliphatic heterocycles. The molecule has 7 heteroatoms. The van der Waals surface area contributed by atoms with Crippen LogP contribution in [0.25, 0.3) is 0 Å². The number of alkyl halides is 1. The van der Waals surface area contributed by atoms with Gasteiger partial charge in [0, 0.05) is 0 Å². The molecular weight excluding hydrogens is 352 g/mol. The monoisotopic (exact) mass is 374 g/mol. The van der Waals surface area contributed by atoms with Crippen molar-refractivity contribution in [1.29, 1.82) is 0 Å². The molecule has 4 saturated carbocycles. The zero-order valence-corrected chi connectivity index (χ0v) is 14.5. The molecule has 6 nitrogen and oxygen atoms in total. The highest BCUT2D eigenvalue weighted by atomic mass is 79.9. The maximum atomic E-state index is 12.7. The van der Waals surface area contributed by atoms with Gasteiger partial charge >= 0.3 is 6.09 Å². The third-order valence-electron chi connectivity index (χ3n) is 5.43. The Kier molecular flexibility index (Phi) is 3.72. The molecule has 0 saturated heterocycles. The summed E-state index contributed by atoms with van der Waals surface area (Å²) in [4.78, 5) is 23.9. The predicted molar refractivity (Wildman–Crippen MR) is 83.3 cm³/mol. The van der Waals surface area contributed by atoms with Gasteiger partial charge in [-0.2, -0.15) is 0 Å². The largest absolute Gasteiger partial charge is 0.464 e. The molecule has 4 bridgehead atoms. The molecule has 0 radical (unpaired) electrons. The van der Waals surface area contributed by atoms with E-state index in [4.69, 9.17) is 5.11 Å². The first-order valence-corrected chi connectivity index (χ1v) is 8.63. The van der Waals surface area contributed by atoms with E-state index in [1.165, 1.54) is 5.01 Å². The third kappa shape index (κ3) is 2.73. The van der Waals surface area contributed by atoms with Crippen molar-refractivity contribution in [2.45, 2.75) is 61.9 Å². The Morgan fingerprint density at radius 1 is 1.23 bits per heavy atom. The zero-order valence-electron chi connectivity index (χ0n) is 12.9. The fourth-order valence-electron chi connectivity index (χ4n) is 5.03. The number of hydrogen-bond donors (Lipinski definition) is 3. The molecule has 0 aromatic heterocycles. The number of aliphatic hydroxyl groups is 1. The topological polar surface area (TPSA) is 89.9 Å². The summed E-state index contributed by atoms with van der Waals surface area (Å²) in [6, 6.07) is -0.155. The van der Waals surface area contributed by atoms with Crippen molar-refractivity contribution < 1.29 is 19.8 Å². The Morgan fingerprint density at radius 3 is 2.18 bits per heavy atom. The minimum absolute atomic E-state index is 0.155. The van der Waals surface area contributed by atoms with Gasteiger partial charge in [-0.1, -0.05) is 15.9 Å². The van der Waals surface area contributed by atoms with Crippen LogP contribution in [0, 0.1) is 17.8 Å². The van der Waals surface area contributed by atoms with E-state index in [9.17, 15) is 14.7 Å². The van der Waals surface area contributed by atoms with E-state index in [-0.39, 0.29) is 23.8 Å². The molecule has 0 unspecified atom stereocenters. The molecule has 124 valence electrons. The lowest BCUT2D eigenvalue weighted by Gasteiger charge is -2.59. The number of carbonyl (C=O) groups is 2. The van der Waals surface area contributed by atoms with E-state index >= 15 is 0 Å². The number of hydrogen-bond acceptors (Lipinski definition) is 3. The average Bonchev–Trinajstić information content (AvgIpc) is 2.32. The van der Waals surface area contributed by atoms with E-state index < -0.39 is 16.0 Å². The molecule has 3 N–H and O–H groups in total. The standard InChI is InChI=1S/C15H23BrN2O4/c1-14(2,16)12(19)18(17-13(20)21)11-9-3-8-4-10(11)7-15(22,5-8)6-9/h8-11,17,22H,3-7H2,1-2H3,(H,20,21)/t8?,9-,10-,11?,15?/m0/s1. The fourth-order valence-corrected chi connectivity index (χ4v) is 5.22. The number of carbonyl (C=O) groups excluding carboxylic acids is 1. The Hall–Kier alpha value is -0.820. The summed E-state index contributed by atoms with van der Waals surface area (Å²) in [5.41, 5.74) is 1.71. The molecule has 4 fully saturated rings. The number of nitrogens with zero attached hydrogens (tertiary/aromatic N) is 1. The maximum Gasteiger partial charge on any atom is 0.423 e. The van der Waals surface area contributed by atoms with E-state index in [1.807, 2.05) is 0 Å². The second-order valence-electron chi connectivity index (χ2n) is 7.75. The van der Waals surface area contributed by atoms with Gasteiger partial charge in [0.25, 0.3) is 5.91 Å². The van der Waals surface area contributed by atoms with E-state index in [2.05, 4.69) is 21.4 Å². The molecule has 0 aromatic carbocycles. The van der Waals surface area contributed by atoms with Crippen LogP contribution in [0.5, 0.6) is 0 Å². The Balaban J connectivity index is 1.89. The molecule has 0 spiro atoms. The third-order valence-corrected chi connectivity index (χ3v) is 5.77. The smallest absolute Gasteiger partial charge is 0.423 e. The summed E-state index contributed by atoms with van der Waals surface area (Å²) in [7, 11) is 0. The summed E-state index contributed by atoms with van der Waals surface area (Å²) in [5.74, 6) is 0.570. The highest BCUT2D eigenvalue weighted by Crippen LogP contribution is 2.57. The SMILES string of the molecule is CC(C)(Br)C(=O)N(NC(=O)O)C1[C@H]2CC3C[C@H]1CC(O)(C3)C2. The molecule has 2 atom stereocenters. The highest BCUT2D eigenvalue weighted by molar-refractivity contribution is 9.10. The second kappa shape index (κ2) is 5.09. The van der Waals surface area contributed by atoms with Crippen molar-refractivity contribution in [2.75, 3.05) is 0 Å². The Bertz CT molecular complexity index is 488. The van der Waals surface area contributed by atoms with Crippen molar-refractivity contribution in [3.63, 3.8) is 0 Å². The van der Waals surface area contributed by atoms with Crippen LogP contribution in [0.3, 0.4) is 0 Å². The number of hydrazine groups is 1. The number of amides is 2. The zero-order chi connectivity index (χ0) is 16.3. The van der Waals surface area contributed by atoms with Crippen molar-refractivity contribution in [2.24, 2.45) is 17.8 Å². The van der Waals surface area contributed by atoms with Crippen LogP contribution in [0.15, 0.2) is 0 Å². The molecule has 0 aromatic rings. The second-order valence-corrected chi connectivity index (χ2v) is 9.73. The van der Waals surface area contributed by atoms with Gasteiger partial charge in [-0.25, -0.2) is 15.2 Å². The molecular formula is C15H23BrN2O4. The lowest BCUT2D eigenvalue weighted by atomic mass is 9.52. The van der Waals surface area contributed by atoms with E-state index in [0.29, 0.717) is 18.8 Å². The molecule has 22 heavy (non-hydrogen) atoms. The summed E-state index contributed by atoms with van der Waals surface area (Å²) in [5, 5.41) is 21.1. The lowest BCUT2D eigenvalue weighted by Crippen LogP contribution is -2.67. The van der Waals surface area contributed by atoms with Crippen LogP contribution in [-0.2, 0) is 4.79 Å². The number of nitrogens with one attached hydrogen (secondary N) is 1. The van der Waals surface area contributed by atoms with Gasteiger partial charge in [0.2, 0.25) is 0 Å². The summed E-state index contributed by atoms with van der Waals surface area (Å²) >= 11 is 3.34. The molecule has 2 amide bonds. The van der Waals surface area contributed by atoms with E-state index in [0.717, 1.165) is 19.3 Å². The van der Waals surface area contributed by atoms with Crippen LogP contribution < -0.4 is 5.43 Å². The van der Waals surface area contributed by atoms with Crippen molar-refractivity contribution >= 4 is 27.9 Å². The van der Waals surface area contributed by atoms with Gasteiger partial charge in [-0.15, -0.1) is 0 Å². The average molecular weight is 375 g/mol. The van der Waals surface area contributed by atoms with Gasteiger partial charge in [0.1, 0.15) is 4.32 Å². The van der Waals surface area contributed by atoms with Crippen LogP contribution in [-0.4, -0.2) is 43.2 Å². The van der Waals surface area contributed by atoms with Crippen LogP contribution >= 0.6 is 15.9 Å². The highest BCUT2D eigenvalue weighted by Gasteiger charge is 2.57. The Labute approximate surface area is 138 Å².